The highest BCUT2D eigenvalue weighted by Crippen LogP contribution is 2.17. The lowest BCUT2D eigenvalue weighted by Gasteiger charge is -2.05. The lowest BCUT2D eigenvalue weighted by Crippen LogP contribution is -2.01. The summed E-state index contributed by atoms with van der Waals surface area (Å²) in [7, 11) is 0. The summed E-state index contributed by atoms with van der Waals surface area (Å²) in [6, 6.07) is 16.6. The summed E-state index contributed by atoms with van der Waals surface area (Å²) >= 11 is 0. The minimum Gasteiger partial charge on any atom is -0.494 e. The van der Waals surface area contributed by atoms with E-state index in [1.54, 1.807) is 18.2 Å². The van der Waals surface area contributed by atoms with Crippen LogP contribution in [0.1, 0.15) is 41.3 Å². The van der Waals surface area contributed by atoms with E-state index in [-0.39, 0.29) is 11.4 Å². The number of Topliss-reactive ketones (excluding diaryl/α,β-unsaturated/α-hetero) is 1. The van der Waals surface area contributed by atoms with Gasteiger partial charge in [-0.3, -0.25) is 4.79 Å². The Morgan fingerprint density at radius 2 is 1.79 bits per heavy atom. The Morgan fingerprint density at radius 1 is 1.12 bits per heavy atom. The van der Waals surface area contributed by atoms with E-state index in [2.05, 4.69) is 6.92 Å². The van der Waals surface area contributed by atoms with Gasteiger partial charge in [-0.25, -0.2) is 0 Å². The largest absolute Gasteiger partial charge is 0.494 e. The molecule has 0 saturated heterocycles. The van der Waals surface area contributed by atoms with E-state index in [1.807, 2.05) is 49.4 Å². The van der Waals surface area contributed by atoms with Gasteiger partial charge in [-0.05, 0) is 37.1 Å². The van der Waals surface area contributed by atoms with E-state index in [9.17, 15) is 10.1 Å². The minimum absolute atomic E-state index is 0.124. The van der Waals surface area contributed by atoms with E-state index in [1.165, 1.54) is 0 Å². The van der Waals surface area contributed by atoms with Crippen molar-refractivity contribution >= 4 is 11.9 Å². The monoisotopic (exact) mass is 319 g/mol. The molecular weight excluding hydrogens is 298 g/mol. The van der Waals surface area contributed by atoms with Crippen LogP contribution in [-0.4, -0.2) is 12.4 Å². The third kappa shape index (κ3) is 4.82. The molecule has 0 unspecified atom stereocenters. The number of unbranched alkanes of at least 4 members (excludes halogenated alkanes) is 1. The molecule has 0 saturated carbocycles. The van der Waals surface area contributed by atoms with Crippen LogP contribution in [0.15, 0.2) is 54.1 Å². The van der Waals surface area contributed by atoms with Crippen molar-refractivity contribution in [3.05, 3.63) is 70.8 Å². The number of aryl methyl sites for hydroxylation is 1. The lowest BCUT2D eigenvalue weighted by molar-refractivity contribution is 0.104. The van der Waals surface area contributed by atoms with Crippen molar-refractivity contribution in [2.24, 2.45) is 0 Å². The van der Waals surface area contributed by atoms with Crippen molar-refractivity contribution in [2.75, 3.05) is 6.61 Å². The maximum Gasteiger partial charge on any atom is 0.203 e. The molecule has 0 N–H and O–H groups in total. The molecule has 0 aliphatic carbocycles. The number of allylic oxidation sites excluding steroid dienone is 1. The van der Waals surface area contributed by atoms with Gasteiger partial charge < -0.3 is 4.74 Å². The summed E-state index contributed by atoms with van der Waals surface area (Å²) in [6.45, 7) is 4.77. The molecule has 3 nitrogen and oxygen atoms in total. The predicted octanol–water partition coefficient (Wildman–Crippen LogP) is 4.96. The summed E-state index contributed by atoms with van der Waals surface area (Å²) in [5.41, 5.74) is 2.52. The average Bonchev–Trinajstić information content (AvgIpc) is 2.61. The number of ketones is 1. The van der Waals surface area contributed by atoms with Gasteiger partial charge in [0.2, 0.25) is 5.78 Å². The smallest absolute Gasteiger partial charge is 0.203 e. The molecule has 0 spiro atoms. The highest BCUT2D eigenvalue weighted by molar-refractivity contribution is 6.14. The third-order valence-electron chi connectivity index (χ3n) is 3.64. The zero-order valence-electron chi connectivity index (χ0n) is 14.1. The quantitative estimate of drug-likeness (QED) is 0.313. The van der Waals surface area contributed by atoms with E-state index in [4.69, 9.17) is 4.74 Å². The maximum atomic E-state index is 12.4. The van der Waals surface area contributed by atoms with Crippen molar-refractivity contribution < 1.29 is 9.53 Å². The summed E-state index contributed by atoms with van der Waals surface area (Å²) in [5.74, 6) is 0.532. The first-order valence-electron chi connectivity index (χ1n) is 8.10. The molecule has 122 valence electrons. The number of nitriles is 1. The SMILES string of the molecule is CCCCOc1ccc(/C=C(\C#N)C(=O)c2ccc(C)cc2)cc1. The molecule has 24 heavy (non-hydrogen) atoms. The van der Waals surface area contributed by atoms with Crippen LogP contribution in [0.2, 0.25) is 0 Å². The molecule has 0 aliphatic rings. The molecule has 0 radical (unpaired) electrons. The fourth-order valence-electron chi connectivity index (χ4n) is 2.17. The van der Waals surface area contributed by atoms with Crippen LogP contribution in [0, 0.1) is 18.3 Å². The summed E-state index contributed by atoms with van der Waals surface area (Å²) in [5, 5.41) is 9.31. The molecule has 0 atom stereocenters. The van der Waals surface area contributed by atoms with E-state index >= 15 is 0 Å². The summed E-state index contributed by atoms with van der Waals surface area (Å²) in [4.78, 5) is 12.4. The number of hydrogen-bond donors (Lipinski definition) is 0. The molecule has 0 aliphatic heterocycles. The molecule has 0 heterocycles. The second-order valence-corrected chi connectivity index (χ2v) is 5.64. The first-order valence-corrected chi connectivity index (χ1v) is 8.10. The van der Waals surface area contributed by atoms with Gasteiger partial charge in [0.1, 0.15) is 17.4 Å². The van der Waals surface area contributed by atoms with E-state index < -0.39 is 0 Å². The molecule has 0 bridgehead atoms. The van der Waals surface area contributed by atoms with Gasteiger partial charge in [-0.1, -0.05) is 55.3 Å². The lowest BCUT2D eigenvalue weighted by atomic mass is 10.0. The van der Waals surface area contributed by atoms with Crippen LogP contribution < -0.4 is 4.74 Å². The second kappa shape index (κ2) is 8.69. The fourth-order valence-corrected chi connectivity index (χ4v) is 2.17. The molecule has 0 aromatic heterocycles. The normalized spacial score (nSPS) is 11.0. The van der Waals surface area contributed by atoms with Crippen LogP contribution in [0.4, 0.5) is 0 Å². The Labute approximate surface area is 143 Å². The zero-order valence-corrected chi connectivity index (χ0v) is 14.1. The maximum absolute atomic E-state index is 12.4. The predicted molar refractivity (Wildman–Crippen MR) is 95.9 cm³/mol. The van der Waals surface area contributed by atoms with Gasteiger partial charge in [0.25, 0.3) is 0 Å². The third-order valence-corrected chi connectivity index (χ3v) is 3.64. The van der Waals surface area contributed by atoms with Crippen LogP contribution in [0.5, 0.6) is 5.75 Å². The first kappa shape index (κ1) is 17.5. The van der Waals surface area contributed by atoms with Gasteiger partial charge in [-0.2, -0.15) is 5.26 Å². The Bertz CT molecular complexity index is 750. The Balaban J connectivity index is 2.13. The van der Waals surface area contributed by atoms with Crippen molar-refractivity contribution in [2.45, 2.75) is 26.7 Å². The van der Waals surface area contributed by atoms with Crippen LogP contribution in [0.3, 0.4) is 0 Å². The second-order valence-electron chi connectivity index (χ2n) is 5.64. The Morgan fingerprint density at radius 3 is 2.38 bits per heavy atom. The highest BCUT2D eigenvalue weighted by atomic mass is 16.5. The highest BCUT2D eigenvalue weighted by Gasteiger charge is 2.11. The number of ether oxygens (including phenoxy) is 1. The topological polar surface area (TPSA) is 50.1 Å². The standard InChI is InChI=1S/C21H21NO2/c1-3-4-13-24-20-11-7-17(8-12-20)14-19(15-22)21(23)18-9-5-16(2)6-10-18/h5-12,14H,3-4,13H2,1-2H3/b19-14+. The molecule has 0 fully saturated rings. The molecule has 2 rings (SSSR count). The number of hydrogen-bond acceptors (Lipinski definition) is 3. The first-order chi connectivity index (χ1) is 11.6. The van der Waals surface area contributed by atoms with Crippen LogP contribution in [-0.2, 0) is 0 Å². The Hall–Kier alpha value is -2.86. The number of carbonyl (C=O) groups is 1. The number of rotatable bonds is 7. The van der Waals surface area contributed by atoms with Gasteiger partial charge in [-0.15, -0.1) is 0 Å². The molecule has 2 aromatic rings. The van der Waals surface area contributed by atoms with E-state index in [0.717, 1.165) is 29.7 Å². The van der Waals surface area contributed by atoms with Crippen LogP contribution in [0.25, 0.3) is 6.08 Å². The van der Waals surface area contributed by atoms with Crippen molar-refractivity contribution in [1.29, 1.82) is 5.26 Å². The van der Waals surface area contributed by atoms with Gasteiger partial charge >= 0.3 is 0 Å². The Kier molecular flexibility index (Phi) is 6.33. The number of nitrogens with zero attached hydrogens (tertiary/aromatic N) is 1. The molecule has 0 amide bonds. The van der Waals surface area contributed by atoms with Gasteiger partial charge in [0.05, 0.1) is 6.61 Å². The van der Waals surface area contributed by atoms with E-state index in [0.29, 0.717) is 12.2 Å². The average molecular weight is 319 g/mol. The van der Waals surface area contributed by atoms with Crippen LogP contribution >= 0.6 is 0 Å². The summed E-state index contributed by atoms with van der Waals surface area (Å²) < 4.78 is 5.61. The van der Waals surface area contributed by atoms with Gasteiger partial charge in [0.15, 0.2) is 0 Å². The minimum atomic E-state index is -0.263. The van der Waals surface area contributed by atoms with Crippen molar-refractivity contribution in [1.82, 2.24) is 0 Å². The van der Waals surface area contributed by atoms with Gasteiger partial charge in [0, 0.05) is 5.56 Å². The fraction of sp³-hybridized carbons (Fsp3) is 0.238. The number of carbonyl (C=O) groups excluding carboxylic acids is 1. The number of benzene rings is 2. The molecule has 3 heteroatoms. The van der Waals surface area contributed by atoms with Crippen molar-refractivity contribution in [3.63, 3.8) is 0 Å². The molecule has 2 aromatic carbocycles. The van der Waals surface area contributed by atoms with Crippen molar-refractivity contribution in [3.8, 4) is 11.8 Å². The molecular formula is C21H21NO2. The summed E-state index contributed by atoms with van der Waals surface area (Å²) in [6.07, 6.45) is 3.72. The zero-order chi connectivity index (χ0) is 17.4.